The number of methoxy groups -OCH3 is 1. The predicted molar refractivity (Wildman–Crippen MR) is 153 cm³/mol. The van der Waals surface area contributed by atoms with E-state index < -0.39 is 0 Å². The number of aromatic nitrogens is 4. The van der Waals surface area contributed by atoms with Gasteiger partial charge in [0.25, 0.3) is 0 Å². The van der Waals surface area contributed by atoms with Crippen molar-refractivity contribution in [1.82, 2.24) is 19.7 Å². The Balaban J connectivity index is 1.14. The maximum absolute atomic E-state index is 14.5. The van der Waals surface area contributed by atoms with Crippen molar-refractivity contribution in [2.24, 2.45) is 0 Å². The Hall–Kier alpha value is -4.70. The van der Waals surface area contributed by atoms with E-state index in [1.807, 2.05) is 18.2 Å². The van der Waals surface area contributed by atoms with Gasteiger partial charge in [-0.15, -0.1) is 0 Å². The molecule has 2 aliphatic heterocycles. The number of ether oxygens (including phenoxy) is 4. The van der Waals surface area contributed by atoms with E-state index in [0.29, 0.717) is 49.8 Å². The van der Waals surface area contributed by atoms with Crippen molar-refractivity contribution >= 4 is 10.8 Å². The lowest BCUT2D eigenvalue weighted by Crippen LogP contribution is -2.40. The summed E-state index contributed by atoms with van der Waals surface area (Å²) in [5, 5.41) is 6.24. The molecule has 3 aromatic carbocycles. The molecule has 0 saturated carbocycles. The van der Waals surface area contributed by atoms with E-state index in [1.165, 1.54) is 18.0 Å². The van der Waals surface area contributed by atoms with Crippen LogP contribution in [0.25, 0.3) is 22.0 Å². The smallest absolute Gasteiger partial charge is 0.231 e. The lowest BCUT2D eigenvalue weighted by atomic mass is 9.95. The minimum atomic E-state index is -0.215. The highest BCUT2D eigenvalue weighted by molar-refractivity contribution is 5.91. The van der Waals surface area contributed by atoms with Crippen molar-refractivity contribution in [1.29, 1.82) is 0 Å². The first-order chi connectivity index (χ1) is 20.7. The van der Waals surface area contributed by atoms with Gasteiger partial charge >= 0.3 is 0 Å². The van der Waals surface area contributed by atoms with Gasteiger partial charge < -0.3 is 18.9 Å². The van der Waals surface area contributed by atoms with Crippen LogP contribution in [0.15, 0.2) is 73.4 Å². The molecule has 0 unspecified atom stereocenters. The van der Waals surface area contributed by atoms with Crippen LogP contribution in [-0.2, 0) is 26.1 Å². The van der Waals surface area contributed by atoms with Crippen LogP contribution in [0.5, 0.6) is 23.0 Å². The zero-order valence-electron chi connectivity index (χ0n) is 23.3. The average molecular weight is 569 g/mol. The molecule has 2 aromatic heterocycles. The molecule has 5 aromatic rings. The van der Waals surface area contributed by atoms with Gasteiger partial charge in [-0.3, -0.25) is 9.58 Å². The summed E-state index contributed by atoms with van der Waals surface area (Å²) in [7, 11) is 1.65. The third-order valence-electron chi connectivity index (χ3n) is 7.91. The normalized spacial score (nSPS) is 13.3. The van der Waals surface area contributed by atoms with E-state index >= 15 is 0 Å². The number of pyridine rings is 1. The van der Waals surface area contributed by atoms with Gasteiger partial charge in [-0.05, 0) is 41.3 Å². The summed E-state index contributed by atoms with van der Waals surface area (Å²) in [5.41, 5.74) is 4.18. The van der Waals surface area contributed by atoms with Crippen LogP contribution in [0.1, 0.15) is 11.1 Å². The number of fused-ring (bicyclic) bond motifs is 5. The van der Waals surface area contributed by atoms with E-state index in [1.54, 1.807) is 24.2 Å². The van der Waals surface area contributed by atoms with Crippen LogP contribution < -0.4 is 23.5 Å². The maximum Gasteiger partial charge on any atom is 0.231 e. The highest BCUT2D eigenvalue weighted by Gasteiger charge is 2.28. The minimum absolute atomic E-state index is 0.215. The second-order valence-electron chi connectivity index (χ2n) is 10.4. The molecule has 214 valence electrons. The molecule has 2 aliphatic rings. The van der Waals surface area contributed by atoms with E-state index in [-0.39, 0.29) is 12.6 Å². The molecule has 0 atom stereocenters. The molecule has 0 radical (unpaired) electrons. The second-order valence-corrected chi connectivity index (χ2v) is 10.4. The fourth-order valence-electron chi connectivity index (χ4n) is 5.71. The van der Waals surface area contributed by atoms with E-state index in [9.17, 15) is 4.39 Å². The molecule has 0 fully saturated rings. The van der Waals surface area contributed by atoms with Gasteiger partial charge in [-0.1, -0.05) is 18.2 Å². The van der Waals surface area contributed by atoms with Crippen LogP contribution in [0.2, 0.25) is 0 Å². The Kier molecular flexibility index (Phi) is 7.05. The van der Waals surface area contributed by atoms with Gasteiger partial charge in [0.15, 0.2) is 35.7 Å². The van der Waals surface area contributed by atoms with Crippen molar-refractivity contribution in [2.75, 3.05) is 33.6 Å². The number of benzene rings is 3. The fourth-order valence-corrected chi connectivity index (χ4v) is 5.71. The van der Waals surface area contributed by atoms with Crippen LogP contribution in [0.4, 0.5) is 4.39 Å². The third kappa shape index (κ3) is 5.09. The zero-order valence-corrected chi connectivity index (χ0v) is 23.3. The van der Waals surface area contributed by atoms with Crippen molar-refractivity contribution in [2.45, 2.75) is 26.1 Å². The van der Waals surface area contributed by atoms with E-state index in [4.69, 9.17) is 18.9 Å². The van der Waals surface area contributed by atoms with Crippen molar-refractivity contribution < 1.29 is 27.9 Å². The number of hydrogen-bond acceptors (Lipinski definition) is 7. The third-order valence-corrected chi connectivity index (χ3v) is 7.91. The number of nitrogens with zero attached hydrogens (tertiary/aromatic N) is 5. The average Bonchev–Trinajstić information content (AvgIpc) is 3.71. The van der Waals surface area contributed by atoms with Crippen LogP contribution >= 0.6 is 0 Å². The lowest BCUT2D eigenvalue weighted by molar-refractivity contribution is -0.686. The molecule has 7 rings (SSSR count). The van der Waals surface area contributed by atoms with Crippen molar-refractivity contribution in [3.05, 3.63) is 90.4 Å². The quantitative estimate of drug-likeness (QED) is 0.231. The Morgan fingerprint density at radius 1 is 1.07 bits per heavy atom. The summed E-state index contributed by atoms with van der Waals surface area (Å²) in [6.45, 7) is 3.84. The maximum atomic E-state index is 14.5. The predicted octanol–water partition coefficient (Wildman–Crippen LogP) is 4.40. The Bertz CT molecular complexity index is 1740. The fraction of sp³-hybridized carbons (Fsp3) is 0.281. The van der Waals surface area contributed by atoms with Crippen molar-refractivity contribution in [3.63, 3.8) is 0 Å². The molecule has 10 heteroatoms. The summed E-state index contributed by atoms with van der Waals surface area (Å²) in [6, 6.07) is 17.3. The highest BCUT2D eigenvalue weighted by atomic mass is 19.1. The summed E-state index contributed by atoms with van der Waals surface area (Å²) in [5.74, 6) is 2.75. The van der Waals surface area contributed by atoms with E-state index in [0.717, 1.165) is 46.5 Å². The second kappa shape index (κ2) is 11.3. The summed E-state index contributed by atoms with van der Waals surface area (Å²) >= 11 is 0. The topological polar surface area (TPSA) is 74.8 Å². The number of rotatable bonds is 10. The number of aryl methyl sites for hydroxylation is 2. The van der Waals surface area contributed by atoms with Gasteiger partial charge in [0.2, 0.25) is 12.5 Å². The number of halogens is 1. The first kappa shape index (κ1) is 26.2. The van der Waals surface area contributed by atoms with Gasteiger partial charge in [0.1, 0.15) is 25.1 Å². The molecule has 9 nitrogen and oxygen atoms in total. The first-order valence-electron chi connectivity index (χ1n) is 14.0. The molecule has 0 N–H and O–H groups in total. The van der Waals surface area contributed by atoms with Crippen molar-refractivity contribution in [3.8, 4) is 34.3 Å². The number of hydrogen-bond donors (Lipinski definition) is 0. The molecule has 0 amide bonds. The Labute approximate surface area is 242 Å². The molecule has 0 saturated heterocycles. The van der Waals surface area contributed by atoms with E-state index in [2.05, 4.69) is 50.0 Å². The molecule has 4 heterocycles. The summed E-state index contributed by atoms with van der Waals surface area (Å²) < 4.78 is 42.0. The first-order valence-corrected chi connectivity index (χ1v) is 14.0. The molecule has 0 bridgehead atoms. The SMILES string of the molecule is COc1ccc2cc3[n+](cc2c1OCCN(CCn1cncn1)Cc1ccccc1F)CCc1cc2c(cc1-3)OCO2. The summed E-state index contributed by atoms with van der Waals surface area (Å²) in [6.07, 6.45) is 6.24. The van der Waals surface area contributed by atoms with Crippen LogP contribution in [0.3, 0.4) is 0 Å². The van der Waals surface area contributed by atoms with Crippen LogP contribution in [-0.4, -0.2) is 53.3 Å². The van der Waals surface area contributed by atoms with Gasteiger partial charge in [0.05, 0.1) is 24.6 Å². The molecular formula is C32H31FN5O4+. The monoisotopic (exact) mass is 568 g/mol. The Morgan fingerprint density at radius 3 is 2.79 bits per heavy atom. The van der Waals surface area contributed by atoms with Gasteiger partial charge in [-0.2, -0.15) is 9.67 Å². The molecule has 42 heavy (non-hydrogen) atoms. The standard InChI is InChI=1S/C32H31FN5O4/c1-39-29-7-6-22-14-28-25-16-31-30(41-21-42-31)15-23(25)8-9-37(28)18-26(22)32(29)40-13-12-36(10-11-38-20-34-19-35-38)17-24-4-2-3-5-27(24)33/h2-7,14-16,18-20H,8-13,17,21H2,1H3/q+1. The highest BCUT2D eigenvalue weighted by Crippen LogP contribution is 2.41. The van der Waals surface area contributed by atoms with Crippen LogP contribution in [0, 0.1) is 5.82 Å². The molecule has 0 aliphatic carbocycles. The summed E-state index contributed by atoms with van der Waals surface area (Å²) in [4.78, 5) is 6.19. The van der Waals surface area contributed by atoms with Gasteiger partial charge in [-0.25, -0.2) is 9.37 Å². The minimum Gasteiger partial charge on any atom is -0.493 e. The molecule has 0 spiro atoms. The zero-order chi connectivity index (χ0) is 28.5. The Morgan fingerprint density at radius 2 is 1.95 bits per heavy atom. The lowest BCUT2D eigenvalue weighted by Gasteiger charge is -2.23. The molecular weight excluding hydrogens is 537 g/mol. The largest absolute Gasteiger partial charge is 0.493 e. The van der Waals surface area contributed by atoms with Gasteiger partial charge in [0, 0.05) is 37.7 Å².